The molecule has 7 heteroatoms. The molecule has 1 N–H and O–H groups in total. The molecule has 0 aliphatic carbocycles. The van der Waals surface area contributed by atoms with Crippen molar-refractivity contribution < 1.29 is 9.59 Å². The lowest BCUT2D eigenvalue weighted by atomic mass is 10.0. The van der Waals surface area contributed by atoms with E-state index >= 15 is 0 Å². The highest BCUT2D eigenvalue weighted by atomic mass is 35.5. The van der Waals surface area contributed by atoms with Gasteiger partial charge < -0.3 is 4.90 Å². The number of carbonyl (C=O) groups is 2. The number of hydrogen-bond donors (Lipinski definition) is 1. The number of imide groups is 1. The van der Waals surface area contributed by atoms with Crippen LogP contribution in [-0.4, -0.2) is 48.3 Å². The number of piperidine rings is 1. The van der Waals surface area contributed by atoms with Gasteiger partial charge in [-0.1, -0.05) is 37.6 Å². The summed E-state index contributed by atoms with van der Waals surface area (Å²) >= 11 is 7.54. The summed E-state index contributed by atoms with van der Waals surface area (Å²) in [6, 6.07) is 6.26. The summed E-state index contributed by atoms with van der Waals surface area (Å²) in [5, 5.41) is 2.67. The Morgan fingerprint density at radius 3 is 2.68 bits per heavy atom. The lowest BCUT2D eigenvalue weighted by molar-refractivity contribution is -0.115. The van der Waals surface area contributed by atoms with E-state index < -0.39 is 0 Å². The monoisotopic (exact) mass is 421 g/mol. The van der Waals surface area contributed by atoms with E-state index in [-0.39, 0.29) is 11.1 Å². The molecule has 0 radical (unpaired) electrons. The van der Waals surface area contributed by atoms with Crippen LogP contribution in [0.25, 0.3) is 6.08 Å². The second-order valence-electron chi connectivity index (χ2n) is 7.31. The first-order valence-corrected chi connectivity index (χ1v) is 11.2. The molecule has 2 heterocycles. The van der Waals surface area contributed by atoms with E-state index in [0.717, 1.165) is 68.5 Å². The maximum absolute atomic E-state index is 12.0. The molecule has 2 saturated heterocycles. The normalized spacial score (nSPS) is 21.6. The largest absolute Gasteiger partial charge is 0.368 e. The summed E-state index contributed by atoms with van der Waals surface area (Å²) in [7, 11) is 0. The average Bonchev–Trinajstić information content (AvgIpc) is 2.99. The minimum absolute atomic E-state index is 0.326. The Kier molecular flexibility index (Phi) is 7.43. The number of amides is 2. The van der Waals surface area contributed by atoms with Gasteiger partial charge in [0.2, 0.25) is 0 Å². The number of carbonyl (C=O) groups excluding carboxylic acids is 2. The van der Waals surface area contributed by atoms with Crippen molar-refractivity contribution >= 4 is 46.3 Å². The van der Waals surface area contributed by atoms with Gasteiger partial charge in [0.1, 0.15) is 0 Å². The van der Waals surface area contributed by atoms with Crippen molar-refractivity contribution in [3.63, 3.8) is 0 Å². The van der Waals surface area contributed by atoms with Crippen LogP contribution in [0.2, 0.25) is 5.02 Å². The molecule has 2 aliphatic rings. The zero-order chi connectivity index (χ0) is 20.1. The zero-order valence-electron chi connectivity index (χ0n) is 16.5. The van der Waals surface area contributed by atoms with Gasteiger partial charge in [0, 0.05) is 24.7 Å². The van der Waals surface area contributed by atoms with E-state index in [0.29, 0.717) is 16.0 Å². The average molecular weight is 422 g/mol. The molecule has 28 heavy (non-hydrogen) atoms. The topological polar surface area (TPSA) is 52.6 Å². The fourth-order valence-corrected chi connectivity index (χ4v) is 5.03. The minimum Gasteiger partial charge on any atom is -0.368 e. The van der Waals surface area contributed by atoms with Crippen LogP contribution in [0.3, 0.4) is 0 Å². The Bertz CT molecular complexity index is 762. The first-order chi connectivity index (χ1) is 13.5. The Morgan fingerprint density at radius 1 is 1.29 bits per heavy atom. The number of anilines is 1. The van der Waals surface area contributed by atoms with E-state index in [9.17, 15) is 9.59 Å². The van der Waals surface area contributed by atoms with Crippen LogP contribution in [0, 0.1) is 0 Å². The Hall–Kier alpha value is -1.50. The summed E-state index contributed by atoms with van der Waals surface area (Å²) < 4.78 is 0. The number of nitrogens with one attached hydrogen (secondary N) is 1. The van der Waals surface area contributed by atoms with Gasteiger partial charge in [-0.05, 0) is 62.7 Å². The highest BCUT2D eigenvalue weighted by Crippen LogP contribution is 2.36. The van der Waals surface area contributed by atoms with Gasteiger partial charge in [-0.25, -0.2) is 0 Å². The molecule has 2 amide bonds. The summed E-state index contributed by atoms with van der Waals surface area (Å²) in [6.45, 7) is 8.56. The second kappa shape index (κ2) is 9.81. The van der Waals surface area contributed by atoms with Crippen molar-refractivity contribution in [2.45, 2.75) is 45.6 Å². The number of para-hydroxylation sites is 1. The fourth-order valence-electron chi connectivity index (χ4n) is 4.05. The van der Waals surface area contributed by atoms with Crippen LogP contribution >= 0.6 is 23.4 Å². The smallest absolute Gasteiger partial charge is 0.290 e. The Labute approximate surface area is 176 Å². The predicted molar refractivity (Wildman–Crippen MR) is 118 cm³/mol. The highest BCUT2D eigenvalue weighted by molar-refractivity contribution is 8.18. The third kappa shape index (κ3) is 4.91. The summed E-state index contributed by atoms with van der Waals surface area (Å²) in [6.07, 6.45) is 6.40. The van der Waals surface area contributed by atoms with Crippen molar-refractivity contribution in [2.24, 2.45) is 0 Å². The maximum atomic E-state index is 12.0. The number of rotatable bonds is 7. The van der Waals surface area contributed by atoms with Crippen molar-refractivity contribution in [1.82, 2.24) is 10.2 Å². The van der Waals surface area contributed by atoms with Crippen molar-refractivity contribution in [2.75, 3.05) is 31.1 Å². The van der Waals surface area contributed by atoms with Crippen LogP contribution in [0.15, 0.2) is 23.1 Å². The lowest BCUT2D eigenvalue weighted by Crippen LogP contribution is -2.48. The molecule has 1 aromatic rings. The quantitative estimate of drug-likeness (QED) is 0.643. The van der Waals surface area contributed by atoms with Crippen LogP contribution < -0.4 is 10.2 Å². The molecule has 1 atom stereocenters. The molecule has 5 nitrogen and oxygen atoms in total. The molecular formula is C21H28ClN3O2S. The minimum atomic E-state index is -0.338. The number of halogens is 1. The van der Waals surface area contributed by atoms with Gasteiger partial charge in [0.25, 0.3) is 11.1 Å². The van der Waals surface area contributed by atoms with E-state index in [1.807, 2.05) is 18.2 Å². The van der Waals surface area contributed by atoms with Crippen LogP contribution in [-0.2, 0) is 4.79 Å². The standard InChI is InChI=1S/C21H28ClN3O2S/c1-3-10-24(11-4-2)16-8-6-12-25(14-16)19-15(7-5-9-17(19)22)13-18-20(26)23-21(27)28-18/h5,7,9,13,16H,3-4,6,8,10-12,14H2,1-2H3,(H,23,26,27)/b18-13-. The second-order valence-corrected chi connectivity index (χ2v) is 8.73. The number of benzene rings is 1. The molecular weight excluding hydrogens is 394 g/mol. The maximum Gasteiger partial charge on any atom is 0.290 e. The van der Waals surface area contributed by atoms with Crippen LogP contribution in [0.1, 0.15) is 45.1 Å². The van der Waals surface area contributed by atoms with E-state index in [1.54, 1.807) is 6.08 Å². The SMILES string of the molecule is CCCN(CCC)C1CCCN(c2c(Cl)cccc2/C=C2\SC(=O)NC2=O)C1. The lowest BCUT2D eigenvalue weighted by Gasteiger charge is -2.41. The molecule has 2 aliphatic heterocycles. The number of thioether (sulfide) groups is 1. The van der Waals surface area contributed by atoms with Gasteiger partial charge in [-0.2, -0.15) is 0 Å². The molecule has 3 rings (SSSR count). The Balaban J connectivity index is 1.87. The van der Waals surface area contributed by atoms with Gasteiger partial charge >= 0.3 is 0 Å². The van der Waals surface area contributed by atoms with Gasteiger partial charge in [-0.15, -0.1) is 0 Å². The van der Waals surface area contributed by atoms with Crippen molar-refractivity contribution in [1.29, 1.82) is 0 Å². The number of nitrogens with zero attached hydrogens (tertiary/aromatic N) is 2. The van der Waals surface area contributed by atoms with Crippen molar-refractivity contribution in [3.05, 3.63) is 33.7 Å². The summed E-state index contributed by atoms with van der Waals surface area (Å²) in [5.41, 5.74) is 1.85. The Morgan fingerprint density at radius 2 is 2.04 bits per heavy atom. The number of hydrogen-bond acceptors (Lipinski definition) is 5. The van der Waals surface area contributed by atoms with E-state index in [2.05, 4.69) is 29.0 Å². The van der Waals surface area contributed by atoms with E-state index in [1.165, 1.54) is 6.42 Å². The third-order valence-electron chi connectivity index (χ3n) is 5.20. The third-order valence-corrected chi connectivity index (χ3v) is 6.31. The van der Waals surface area contributed by atoms with Gasteiger partial charge in [0.15, 0.2) is 0 Å². The molecule has 152 valence electrons. The first kappa shape index (κ1) is 21.2. The molecule has 0 spiro atoms. The molecule has 1 aromatic carbocycles. The van der Waals surface area contributed by atoms with Gasteiger partial charge in [0.05, 0.1) is 15.6 Å². The van der Waals surface area contributed by atoms with Crippen molar-refractivity contribution in [3.8, 4) is 0 Å². The van der Waals surface area contributed by atoms with Crippen LogP contribution in [0.5, 0.6) is 0 Å². The van der Waals surface area contributed by atoms with E-state index in [4.69, 9.17) is 11.6 Å². The molecule has 1 unspecified atom stereocenters. The molecule has 0 saturated carbocycles. The van der Waals surface area contributed by atoms with Crippen LogP contribution in [0.4, 0.5) is 10.5 Å². The molecule has 0 bridgehead atoms. The zero-order valence-corrected chi connectivity index (χ0v) is 18.1. The van der Waals surface area contributed by atoms with Gasteiger partial charge in [-0.3, -0.25) is 19.8 Å². The molecule has 2 fully saturated rings. The highest BCUT2D eigenvalue weighted by Gasteiger charge is 2.28. The predicted octanol–water partition coefficient (Wildman–Crippen LogP) is 4.75. The first-order valence-electron chi connectivity index (χ1n) is 10.1. The summed E-state index contributed by atoms with van der Waals surface area (Å²) in [5.74, 6) is -0.338. The fraction of sp³-hybridized carbons (Fsp3) is 0.524. The summed E-state index contributed by atoms with van der Waals surface area (Å²) in [4.78, 5) is 28.8. The molecule has 0 aromatic heterocycles.